The average Bonchev–Trinajstić information content (AvgIpc) is 2.78. The molecule has 0 bridgehead atoms. The fourth-order valence-electron chi connectivity index (χ4n) is 3.42. The Morgan fingerprint density at radius 2 is 1.53 bits per heavy atom. The van der Waals surface area contributed by atoms with Crippen LogP contribution in [0, 0.1) is 0 Å². The normalized spacial score (nSPS) is 11.8. The Kier molecular flexibility index (Phi) is 7.04. The lowest BCUT2D eigenvalue weighted by Crippen LogP contribution is -2.17. The van der Waals surface area contributed by atoms with E-state index in [0.29, 0.717) is 18.5 Å². The quantitative estimate of drug-likeness (QED) is 0.440. The summed E-state index contributed by atoms with van der Waals surface area (Å²) in [4.78, 5) is 11.2. The second kappa shape index (κ2) is 9.57. The molecule has 0 aliphatic heterocycles. The predicted octanol–water partition coefficient (Wildman–Crippen LogP) is 5.66. The highest BCUT2D eigenvalue weighted by molar-refractivity contribution is 7.92. The number of anilines is 1. The average molecular weight is 452 g/mol. The Balaban J connectivity index is 1.75. The van der Waals surface area contributed by atoms with Crippen LogP contribution in [0.25, 0.3) is 0 Å². The maximum absolute atomic E-state index is 13.0. The lowest BCUT2D eigenvalue weighted by molar-refractivity contribution is 0.0697. The zero-order valence-corrected chi connectivity index (χ0v) is 19.4. The number of benzene rings is 3. The number of aryl methyl sites for hydroxylation is 2. The van der Waals surface area contributed by atoms with E-state index in [9.17, 15) is 13.2 Å². The molecule has 168 valence electrons. The van der Waals surface area contributed by atoms with Gasteiger partial charge < -0.3 is 5.11 Å². The number of hydrogen-bond acceptors (Lipinski definition) is 3. The molecule has 0 unspecified atom stereocenters. The molecule has 0 aliphatic rings. The first-order chi connectivity index (χ1) is 15.1. The molecule has 0 aliphatic carbocycles. The minimum Gasteiger partial charge on any atom is -0.478 e. The van der Waals surface area contributed by atoms with Gasteiger partial charge in [0.2, 0.25) is 0 Å². The first kappa shape index (κ1) is 23.5. The molecule has 0 radical (unpaired) electrons. The topological polar surface area (TPSA) is 83.5 Å². The minimum atomic E-state index is -3.72. The molecule has 3 aromatic carbocycles. The summed E-state index contributed by atoms with van der Waals surface area (Å²) < 4.78 is 28.7. The van der Waals surface area contributed by atoms with Gasteiger partial charge >= 0.3 is 5.97 Å². The van der Waals surface area contributed by atoms with Crippen molar-refractivity contribution < 1.29 is 18.3 Å². The number of sulfonamides is 1. The van der Waals surface area contributed by atoms with Crippen LogP contribution < -0.4 is 4.72 Å². The van der Waals surface area contributed by atoms with E-state index >= 15 is 0 Å². The van der Waals surface area contributed by atoms with Crippen molar-refractivity contribution >= 4 is 21.7 Å². The van der Waals surface area contributed by atoms with Crippen molar-refractivity contribution in [3.63, 3.8) is 0 Å². The largest absolute Gasteiger partial charge is 0.478 e. The van der Waals surface area contributed by atoms with Crippen LogP contribution in [0.4, 0.5) is 5.69 Å². The number of para-hydroxylation sites is 1. The Hall–Kier alpha value is -3.12. The molecule has 2 N–H and O–H groups in total. The van der Waals surface area contributed by atoms with Gasteiger partial charge in [-0.25, -0.2) is 13.2 Å². The number of rotatable bonds is 9. The second-order valence-corrected chi connectivity index (χ2v) is 10.2. The van der Waals surface area contributed by atoms with Gasteiger partial charge in [0.25, 0.3) is 10.0 Å². The molecule has 0 atom stereocenters. The van der Waals surface area contributed by atoms with Crippen molar-refractivity contribution in [1.82, 2.24) is 0 Å². The summed E-state index contributed by atoms with van der Waals surface area (Å²) in [6.07, 6.45) is 2.25. The Morgan fingerprint density at radius 1 is 0.906 bits per heavy atom. The van der Waals surface area contributed by atoms with Gasteiger partial charge in [-0.1, -0.05) is 63.2 Å². The number of carbonyl (C=O) groups is 1. The molecule has 0 spiro atoms. The summed E-state index contributed by atoms with van der Waals surface area (Å²) in [5, 5.41) is 9.02. The third-order valence-electron chi connectivity index (χ3n) is 5.98. The Morgan fingerprint density at radius 3 is 2.12 bits per heavy atom. The fourth-order valence-corrected chi connectivity index (χ4v) is 4.52. The predicted molar refractivity (Wildman–Crippen MR) is 128 cm³/mol. The molecular formula is C26H29NO4S. The molecule has 0 fully saturated rings. The van der Waals surface area contributed by atoms with Gasteiger partial charge in [0.1, 0.15) is 0 Å². The number of nitrogens with one attached hydrogen (secondary N) is 1. The van der Waals surface area contributed by atoms with Gasteiger partial charge in [0.15, 0.2) is 0 Å². The number of hydrogen-bond donors (Lipinski definition) is 2. The third kappa shape index (κ3) is 5.56. The van der Waals surface area contributed by atoms with Crippen molar-refractivity contribution in [3.8, 4) is 0 Å². The summed E-state index contributed by atoms with van der Waals surface area (Å²) in [5.41, 5.74) is 3.75. The highest BCUT2D eigenvalue weighted by Crippen LogP contribution is 2.28. The number of aromatic carboxylic acids is 1. The minimum absolute atomic E-state index is 0.00894. The number of carboxylic acids is 1. The summed E-state index contributed by atoms with van der Waals surface area (Å²) in [6, 6.07) is 21.1. The third-order valence-corrected chi connectivity index (χ3v) is 7.36. The molecule has 6 heteroatoms. The van der Waals surface area contributed by atoms with Crippen molar-refractivity contribution in [1.29, 1.82) is 0 Å². The SMILES string of the molecule is CCC(C)(C)c1ccc(S(=O)(=O)Nc2ccccc2CCc2ccc(C(=O)O)cc2)cc1. The van der Waals surface area contributed by atoms with E-state index in [1.54, 1.807) is 48.5 Å². The van der Waals surface area contributed by atoms with E-state index in [0.717, 1.165) is 23.1 Å². The second-order valence-electron chi connectivity index (χ2n) is 8.53. The van der Waals surface area contributed by atoms with Crippen LogP contribution in [0.5, 0.6) is 0 Å². The van der Waals surface area contributed by atoms with Gasteiger partial charge in [-0.05, 0) is 71.7 Å². The zero-order chi connectivity index (χ0) is 23.4. The maximum Gasteiger partial charge on any atom is 0.335 e. The summed E-state index contributed by atoms with van der Waals surface area (Å²) in [7, 11) is -3.72. The van der Waals surface area contributed by atoms with Crippen LogP contribution >= 0.6 is 0 Å². The van der Waals surface area contributed by atoms with Crippen molar-refractivity contribution in [3.05, 3.63) is 95.1 Å². The number of carboxylic acid groups (broad SMARTS) is 1. The molecule has 0 saturated carbocycles. The molecule has 32 heavy (non-hydrogen) atoms. The lowest BCUT2D eigenvalue weighted by Gasteiger charge is -2.23. The smallest absolute Gasteiger partial charge is 0.335 e. The van der Waals surface area contributed by atoms with Crippen LogP contribution in [0.2, 0.25) is 0 Å². The highest BCUT2D eigenvalue weighted by atomic mass is 32.2. The highest BCUT2D eigenvalue weighted by Gasteiger charge is 2.20. The Labute approximate surface area is 190 Å². The van der Waals surface area contributed by atoms with Gasteiger partial charge in [-0.2, -0.15) is 0 Å². The standard InChI is InChI=1S/C26H29NO4S/c1-4-26(2,3)22-15-17-23(18-16-22)32(30,31)27-24-8-6-5-7-20(24)12-9-19-10-13-21(14-11-19)25(28)29/h5-8,10-11,13-18,27H,4,9,12H2,1-3H3,(H,28,29). The summed E-state index contributed by atoms with van der Waals surface area (Å²) >= 11 is 0. The van der Waals surface area contributed by atoms with E-state index in [2.05, 4.69) is 25.5 Å². The van der Waals surface area contributed by atoms with Crippen LogP contribution in [0.1, 0.15) is 54.2 Å². The lowest BCUT2D eigenvalue weighted by atomic mass is 9.82. The molecule has 3 rings (SSSR count). The van der Waals surface area contributed by atoms with Crippen molar-refractivity contribution in [2.45, 2.75) is 50.3 Å². The summed E-state index contributed by atoms with van der Waals surface area (Å²) in [5.74, 6) is -0.956. The first-order valence-electron chi connectivity index (χ1n) is 10.7. The van der Waals surface area contributed by atoms with Crippen LogP contribution in [-0.2, 0) is 28.3 Å². The van der Waals surface area contributed by atoms with E-state index in [-0.39, 0.29) is 15.9 Å². The van der Waals surface area contributed by atoms with Crippen LogP contribution in [0.3, 0.4) is 0 Å². The monoisotopic (exact) mass is 451 g/mol. The van der Waals surface area contributed by atoms with Gasteiger partial charge in [-0.3, -0.25) is 4.72 Å². The molecule has 0 amide bonds. The molecular weight excluding hydrogens is 422 g/mol. The van der Waals surface area contributed by atoms with E-state index in [4.69, 9.17) is 5.11 Å². The fraction of sp³-hybridized carbons (Fsp3) is 0.269. The zero-order valence-electron chi connectivity index (χ0n) is 18.6. The van der Waals surface area contributed by atoms with E-state index in [1.165, 1.54) is 0 Å². The van der Waals surface area contributed by atoms with Gasteiger partial charge in [0, 0.05) is 0 Å². The van der Waals surface area contributed by atoms with E-state index < -0.39 is 16.0 Å². The first-order valence-corrected chi connectivity index (χ1v) is 12.1. The molecule has 3 aromatic rings. The molecule has 0 saturated heterocycles. The van der Waals surface area contributed by atoms with Crippen LogP contribution in [0.15, 0.2) is 77.7 Å². The van der Waals surface area contributed by atoms with Crippen molar-refractivity contribution in [2.24, 2.45) is 0 Å². The molecule has 0 heterocycles. The van der Waals surface area contributed by atoms with Crippen LogP contribution in [-0.4, -0.2) is 19.5 Å². The van der Waals surface area contributed by atoms with Gasteiger partial charge in [-0.15, -0.1) is 0 Å². The maximum atomic E-state index is 13.0. The molecule has 5 nitrogen and oxygen atoms in total. The summed E-state index contributed by atoms with van der Waals surface area (Å²) in [6.45, 7) is 6.39. The van der Waals surface area contributed by atoms with Gasteiger partial charge in [0.05, 0.1) is 16.1 Å². The molecule has 0 aromatic heterocycles. The Bertz CT molecular complexity index is 1180. The van der Waals surface area contributed by atoms with E-state index in [1.807, 2.05) is 24.3 Å². The van der Waals surface area contributed by atoms with Crippen molar-refractivity contribution in [2.75, 3.05) is 4.72 Å².